The van der Waals surface area contributed by atoms with Crippen molar-refractivity contribution in [1.29, 1.82) is 0 Å². The van der Waals surface area contributed by atoms with E-state index in [0.29, 0.717) is 23.7 Å². The van der Waals surface area contributed by atoms with E-state index < -0.39 is 0 Å². The Hall–Kier alpha value is -1.10. The molecular formula is C13H17ClN2O2. The molecule has 2 rings (SSSR count). The second-order valence-corrected chi connectivity index (χ2v) is 4.83. The van der Waals surface area contributed by atoms with Crippen LogP contribution in [-0.4, -0.2) is 38.3 Å². The van der Waals surface area contributed by atoms with Gasteiger partial charge in [0.1, 0.15) is 0 Å². The van der Waals surface area contributed by atoms with Gasteiger partial charge in [0.15, 0.2) is 0 Å². The van der Waals surface area contributed by atoms with E-state index in [2.05, 4.69) is 10.6 Å². The van der Waals surface area contributed by atoms with E-state index in [4.69, 9.17) is 16.3 Å². The van der Waals surface area contributed by atoms with E-state index in [0.717, 1.165) is 18.7 Å². The van der Waals surface area contributed by atoms with Gasteiger partial charge in [0.2, 0.25) is 0 Å². The van der Waals surface area contributed by atoms with Gasteiger partial charge in [-0.05, 0) is 24.6 Å². The molecule has 0 aromatic heterocycles. The van der Waals surface area contributed by atoms with Crippen LogP contribution in [-0.2, 0) is 4.74 Å². The predicted molar refractivity (Wildman–Crippen MR) is 71.1 cm³/mol. The average Bonchev–Trinajstić information content (AvgIpc) is 2.40. The molecule has 1 atom stereocenters. The summed E-state index contributed by atoms with van der Waals surface area (Å²) in [5, 5.41) is 6.76. The number of hydrogen-bond donors (Lipinski definition) is 2. The molecule has 5 heteroatoms. The van der Waals surface area contributed by atoms with Crippen molar-refractivity contribution in [2.75, 3.05) is 26.3 Å². The van der Waals surface area contributed by atoms with Crippen LogP contribution in [0.3, 0.4) is 0 Å². The second-order valence-electron chi connectivity index (χ2n) is 4.40. The normalized spacial score (nSPS) is 19.6. The largest absolute Gasteiger partial charge is 0.378 e. The van der Waals surface area contributed by atoms with Crippen molar-refractivity contribution < 1.29 is 9.53 Å². The molecule has 18 heavy (non-hydrogen) atoms. The first-order chi connectivity index (χ1) is 8.66. The maximum absolute atomic E-state index is 12.0. The Labute approximate surface area is 112 Å². The Morgan fingerprint density at radius 1 is 1.61 bits per heavy atom. The molecule has 1 fully saturated rings. The summed E-state index contributed by atoms with van der Waals surface area (Å²) in [6.45, 7) is 4.65. The quantitative estimate of drug-likeness (QED) is 0.871. The van der Waals surface area contributed by atoms with Crippen molar-refractivity contribution in [2.24, 2.45) is 0 Å². The monoisotopic (exact) mass is 268 g/mol. The van der Waals surface area contributed by atoms with E-state index in [-0.39, 0.29) is 11.9 Å². The molecule has 0 spiro atoms. The molecule has 1 aliphatic heterocycles. The third kappa shape index (κ3) is 3.45. The van der Waals surface area contributed by atoms with Crippen LogP contribution in [0.15, 0.2) is 18.2 Å². The van der Waals surface area contributed by atoms with Gasteiger partial charge >= 0.3 is 0 Å². The van der Waals surface area contributed by atoms with Gasteiger partial charge in [-0.3, -0.25) is 4.79 Å². The number of ether oxygens (including phenoxy) is 1. The SMILES string of the molecule is Cc1ccc(Cl)cc1C(=O)NCC1COCCN1. The fourth-order valence-electron chi connectivity index (χ4n) is 1.90. The zero-order valence-corrected chi connectivity index (χ0v) is 11.1. The number of halogens is 1. The molecule has 1 heterocycles. The summed E-state index contributed by atoms with van der Waals surface area (Å²) in [6.07, 6.45) is 0. The van der Waals surface area contributed by atoms with Crippen LogP contribution < -0.4 is 10.6 Å². The predicted octanol–water partition coefficient (Wildman–Crippen LogP) is 1.37. The van der Waals surface area contributed by atoms with Crippen LogP contribution >= 0.6 is 11.6 Å². The second kappa shape index (κ2) is 6.18. The molecule has 1 unspecified atom stereocenters. The molecule has 0 radical (unpaired) electrons. The summed E-state index contributed by atoms with van der Waals surface area (Å²) in [6, 6.07) is 5.50. The minimum absolute atomic E-state index is 0.0950. The highest BCUT2D eigenvalue weighted by molar-refractivity contribution is 6.31. The van der Waals surface area contributed by atoms with Gasteiger partial charge in [-0.1, -0.05) is 17.7 Å². The van der Waals surface area contributed by atoms with E-state index in [1.165, 1.54) is 0 Å². The number of benzene rings is 1. The number of nitrogens with one attached hydrogen (secondary N) is 2. The van der Waals surface area contributed by atoms with Crippen LogP contribution in [0.1, 0.15) is 15.9 Å². The fourth-order valence-corrected chi connectivity index (χ4v) is 2.07. The molecule has 2 N–H and O–H groups in total. The molecule has 1 aromatic carbocycles. The highest BCUT2D eigenvalue weighted by atomic mass is 35.5. The molecule has 0 aliphatic carbocycles. The highest BCUT2D eigenvalue weighted by Gasteiger charge is 2.15. The standard InChI is InChI=1S/C13H17ClN2O2/c1-9-2-3-10(14)6-12(9)13(17)16-7-11-8-18-5-4-15-11/h2-3,6,11,15H,4-5,7-8H2,1H3,(H,16,17). The third-order valence-electron chi connectivity index (χ3n) is 2.95. The Bertz CT molecular complexity index is 431. The molecule has 1 amide bonds. The maximum atomic E-state index is 12.0. The van der Waals surface area contributed by atoms with E-state index in [1.807, 2.05) is 13.0 Å². The number of hydrogen-bond acceptors (Lipinski definition) is 3. The Balaban J connectivity index is 1.92. The van der Waals surface area contributed by atoms with Crippen molar-refractivity contribution >= 4 is 17.5 Å². The lowest BCUT2D eigenvalue weighted by Crippen LogP contribution is -2.48. The number of morpholine rings is 1. The van der Waals surface area contributed by atoms with Gasteiger partial charge in [0.05, 0.1) is 13.2 Å². The Morgan fingerprint density at radius 3 is 3.17 bits per heavy atom. The Kier molecular flexibility index (Phi) is 4.58. The minimum Gasteiger partial charge on any atom is -0.378 e. The van der Waals surface area contributed by atoms with Crippen molar-refractivity contribution in [1.82, 2.24) is 10.6 Å². The number of carbonyl (C=O) groups excluding carboxylic acids is 1. The molecule has 98 valence electrons. The van der Waals surface area contributed by atoms with Crippen LogP contribution in [0.4, 0.5) is 0 Å². The van der Waals surface area contributed by atoms with Gasteiger partial charge in [0.25, 0.3) is 5.91 Å². The average molecular weight is 269 g/mol. The highest BCUT2D eigenvalue weighted by Crippen LogP contribution is 2.15. The van der Waals surface area contributed by atoms with E-state index >= 15 is 0 Å². The van der Waals surface area contributed by atoms with Crippen molar-refractivity contribution in [3.05, 3.63) is 34.3 Å². The lowest BCUT2D eigenvalue weighted by Gasteiger charge is -2.24. The van der Waals surface area contributed by atoms with Crippen molar-refractivity contribution in [3.8, 4) is 0 Å². The number of aryl methyl sites for hydroxylation is 1. The third-order valence-corrected chi connectivity index (χ3v) is 3.19. The van der Waals surface area contributed by atoms with Crippen LogP contribution in [0.5, 0.6) is 0 Å². The summed E-state index contributed by atoms with van der Waals surface area (Å²) in [5.74, 6) is -0.0950. The van der Waals surface area contributed by atoms with E-state index in [1.54, 1.807) is 12.1 Å². The summed E-state index contributed by atoms with van der Waals surface area (Å²) in [4.78, 5) is 12.0. The summed E-state index contributed by atoms with van der Waals surface area (Å²) < 4.78 is 5.33. The molecular weight excluding hydrogens is 252 g/mol. The van der Waals surface area contributed by atoms with Crippen LogP contribution in [0.2, 0.25) is 5.02 Å². The molecule has 4 nitrogen and oxygen atoms in total. The molecule has 0 bridgehead atoms. The smallest absolute Gasteiger partial charge is 0.251 e. The fraction of sp³-hybridized carbons (Fsp3) is 0.462. The molecule has 0 saturated carbocycles. The molecule has 1 saturated heterocycles. The number of amides is 1. The summed E-state index contributed by atoms with van der Waals surface area (Å²) in [5.41, 5.74) is 1.55. The Morgan fingerprint density at radius 2 is 2.44 bits per heavy atom. The zero-order chi connectivity index (χ0) is 13.0. The summed E-state index contributed by atoms with van der Waals surface area (Å²) >= 11 is 5.90. The lowest BCUT2D eigenvalue weighted by atomic mass is 10.1. The van der Waals surface area contributed by atoms with Gasteiger partial charge in [-0.25, -0.2) is 0 Å². The zero-order valence-electron chi connectivity index (χ0n) is 10.3. The van der Waals surface area contributed by atoms with E-state index in [9.17, 15) is 4.79 Å². The number of carbonyl (C=O) groups is 1. The first kappa shape index (κ1) is 13.3. The maximum Gasteiger partial charge on any atom is 0.251 e. The topological polar surface area (TPSA) is 50.4 Å². The molecule has 1 aliphatic rings. The minimum atomic E-state index is -0.0950. The lowest BCUT2D eigenvalue weighted by molar-refractivity contribution is 0.0734. The molecule has 1 aromatic rings. The van der Waals surface area contributed by atoms with Gasteiger partial charge in [0, 0.05) is 29.7 Å². The van der Waals surface area contributed by atoms with Crippen LogP contribution in [0.25, 0.3) is 0 Å². The van der Waals surface area contributed by atoms with Gasteiger partial charge < -0.3 is 15.4 Å². The van der Waals surface area contributed by atoms with Gasteiger partial charge in [-0.15, -0.1) is 0 Å². The van der Waals surface area contributed by atoms with Crippen LogP contribution in [0, 0.1) is 6.92 Å². The number of rotatable bonds is 3. The van der Waals surface area contributed by atoms with Crippen molar-refractivity contribution in [2.45, 2.75) is 13.0 Å². The van der Waals surface area contributed by atoms with Gasteiger partial charge in [-0.2, -0.15) is 0 Å². The first-order valence-electron chi connectivity index (χ1n) is 6.02. The first-order valence-corrected chi connectivity index (χ1v) is 6.40. The summed E-state index contributed by atoms with van der Waals surface area (Å²) in [7, 11) is 0. The van der Waals surface area contributed by atoms with Crippen molar-refractivity contribution in [3.63, 3.8) is 0 Å².